The molecule has 0 unspecified atom stereocenters. The van der Waals surface area contributed by atoms with Gasteiger partial charge in [-0.3, -0.25) is 4.79 Å². The van der Waals surface area contributed by atoms with Crippen LogP contribution in [0.1, 0.15) is 22.5 Å². The lowest BCUT2D eigenvalue weighted by Crippen LogP contribution is -2.28. The molecule has 0 fully saturated rings. The molecule has 0 saturated heterocycles. The van der Waals surface area contributed by atoms with Crippen LogP contribution in [0.15, 0.2) is 85.5 Å². The highest BCUT2D eigenvalue weighted by molar-refractivity contribution is 5.79. The number of para-hydroxylation sites is 3. The number of aryl methyl sites for hydroxylation is 1. The van der Waals surface area contributed by atoms with Gasteiger partial charge in [-0.25, -0.2) is 4.98 Å². The minimum Gasteiger partial charge on any atom is -0.491 e. The first kappa shape index (κ1) is 23.3. The predicted molar refractivity (Wildman–Crippen MR) is 137 cm³/mol. The Morgan fingerprint density at radius 2 is 1.76 bits per heavy atom. The number of amides is 1. The summed E-state index contributed by atoms with van der Waals surface area (Å²) < 4.78 is 8.31. The van der Waals surface area contributed by atoms with Gasteiger partial charge in [-0.1, -0.05) is 60.7 Å². The molecular weight excluding hydrogens is 422 g/mol. The normalized spacial score (nSPS) is 10.9. The molecule has 5 nitrogen and oxygen atoms in total. The van der Waals surface area contributed by atoms with Crippen molar-refractivity contribution >= 4 is 16.9 Å². The monoisotopic (exact) mass is 453 g/mol. The Labute approximate surface area is 201 Å². The maximum atomic E-state index is 12.5. The van der Waals surface area contributed by atoms with E-state index in [2.05, 4.69) is 28.6 Å². The van der Waals surface area contributed by atoms with Gasteiger partial charge in [0.15, 0.2) is 0 Å². The van der Waals surface area contributed by atoms with Crippen molar-refractivity contribution in [1.82, 2.24) is 14.9 Å². The van der Waals surface area contributed by atoms with Crippen molar-refractivity contribution < 1.29 is 9.53 Å². The summed E-state index contributed by atoms with van der Waals surface area (Å²) in [5, 5.41) is 3.05. The zero-order valence-corrected chi connectivity index (χ0v) is 19.7. The number of allylic oxidation sites excluding steroid dienone is 1. The van der Waals surface area contributed by atoms with Crippen molar-refractivity contribution in [3.63, 3.8) is 0 Å². The summed E-state index contributed by atoms with van der Waals surface area (Å²) in [6.07, 6.45) is 3.71. The largest absolute Gasteiger partial charge is 0.491 e. The van der Waals surface area contributed by atoms with Gasteiger partial charge < -0.3 is 14.6 Å². The molecule has 1 N–H and O–H groups in total. The molecule has 0 atom stereocenters. The maximum Gasteiger partial charge on any atom is 0.224 e. The quantitative estimate of drug-likeness (QED) is 0.323. The summed E-state index contributed by atoms with van der Waals surface area (Å²) in [4.78, 5) is 17.3. The molecule has 0 spiro atoms. The number of fused-ring (bicyclic) bond motifs is 1. The highest BCUT2D eigenvalue weighted by atomic mass is 16.5. The Hall–Kier alpha value is -3.86. The second kappa shape index (κ2) is 11.3. The molecule has 1 aromatic heterocycles. The van der Waals surface area contributed by atoms with E-state index in [4.69, 9.17) is 9.72 Å². The van der Waals surface area contributed by atoms with Crippen LogP contribution in [-0.4, -0.2) is 28.6 Å². The number of ether oxygens (including phenoxy) is 1. The maximum absolute atomic E-state index is 12.5. The number of hydrogen-bond acceptors (Lipinski definition) is 3. The molecule has 4 aromatic rings. The average Bonchev–Trinajstić information content (AvgIpc) is 3.19. The minimum atomic E-state index is 0.0270. The number of nitrogens with one attached hydrogen (secondary N) is 1. The number of benzene rings is 3. The van der Waals surface area contributed by atoms with Crippen LogP contribution in [0.25, 0.3) is 11.0 Å². The summed E-state index contributed by atoms with van der Waals surface area (Å²) in [5.41, 5.74) is 5.35. The van der Waals surface area contributed by atoms with Crippen LogP contribution in [0, 0.1) is 6.92 Å². The zero-order chi connectivity index (χ0) is 23.8. The third-order valence-corrected chi connectivity index (χ3v) is 5.93. The number of imidazole rings is 1. The van der Waals surface area contributed by atoms with Crippen molar-refractivity contribution in [2.45, 2.75) is 32.7 Å². The lowest BCUT2D eigenvalue weighted by atomic mass is 10.1. The fraction of sp³-hybridized carbons (Fsp3) is 0.241. The summed E-state index contributed by atoms with van der Waals surface area (Å²) >= 11 is 0. The van der Waals surface area contributed by atoms with Gasteiger partial charge in [0.1, 0.15) is 18.2 Å². The topological polar surface area (TPSA) is 56.1 Å². The van der Waals surface area contributed by atoms with E-state index in [1.54, 1.807) is 0 Å². The molecule has 4 rings (SSSR count). The molecule has 0 bridgehead atoms. The van der Waals surface area contributed by atoms with Crippen LogP contribution in [0.3, 0.4) is 0 Å². The van der Waals surface area contributed by atoms with Crippen molar-refractivity contribution in [3.05, 3.63) is 108 Å². The van der Waals surface area contributed by atoms with Crippen LogP contribution in [0.5, 0.6) is 5.75 Å². The number of aromatic nitrogens is 2. The van der Waals surface area contributed by atoms with E-state index < -0.39 is 0 Å². The van der Waals surface area contributed by atoms with Gasteiger partial charge in [0, 0.05) is 13.0 Å². The predicted octanol–water partition coefficient (Wildman–Crippen LogP) is 5.05. The number of carbonyl (C=O) groups is 1. The van der Waals surface area contributed by atoms with E-state index >= 15 is 0 Å². The fourth-order valence-electron chi connectivity index (χ4n) is 4.14. The van der Waals surface area contributed by atoms with E-state index in [9.17, 15) is 4.79 Å². The summed E-state index contributed by atoms with van der Waals surface area (Å²) in [6.45, 7) is 7.61. The van der Waals surface area contributed by atoms with Crippen LogP contribution in [-0.2, 0) is 30.6 Å². The van der Waals surface area contributed by atoms with E-state index in [1.807, 2.05) is 73.7 Å². The van der Waals surface area contributed by atoms with Crippen LogP contribution >= 0.6 is 0 Å². The third-order valence-electron chi connectivity index (χ3n) is 5.93. The lowest BCUT2D eigenvalue weighted by Gasteiger charge is -2.13. The van der Waals surface area contributed by atoms with Crippen molar-refractivity contribution in [1.29, 1.82) is 0 Å². The SMILES string of the molecule is C=CCc1ccccc1OCCn1c(CCNC(=O)Cc2ccccc2C)nc2ccccc21. The summed E-state index contributed by atoms with van der Waals surface area (Å²) in [6, 6.07) is 24.2. The van der Waals surface area contributed by atoms with Crippen LogP contribution < -0.4 is 10.1 Å². The molecule has 0 saturated carbocycles. The zero-order valence-electron chi connectivity index (χ0n) is 19.7. The third kappa shape index (κ3) is 5.73. The van der Waals surface area contributed by atoms with E-state index in [1.165, 1.54) is 0 Å². The number of nitrogens with zero attached hydrogens (tertiary/aromatic N) is 2. The first-order chi connectivity index (χ1) is 16.7. The van der Waals surface area contributed by atoms with Crippen LogP contribution in [0.2, 0.25) is 0 Å². The van der Waals surface area contributed by atoms with E-state index in [0.29, 0.717) is 32.5 Å². The van der Waals surface area contributed by atoms with Crippen molar-refractivity contribution in [2.75, 3.05) is 13.2 Å². The van der Waals surface area contributed by atoms with Gasteiger partial charge in [0.05, 0.1) is 24.0 Å². The molecule has 34 heavy (non-hydrogen) atoms. The van der Waals surface area contributed by atoms with E-state index in [0.717, 1.165) is 45.7 Å². The first-order valence-corrected chi connectivity index (χ1v) is 11.7. The Kier molecular flexibility index (Phi) is 7.76. The van der Waals surface area contributed by atoms with Gasteiger partial charge in [-0.05, 0) is 48.2 Å². The molecule has 0 radical (unpaired) electrons. The molecule has 3 aromatic carbocycles. The first-order valence-electron chi connectivity index (χ1n) is 11.7. The lowest BCUT2D eigenvalue weighted by molar-refractivity contribution is -0.120. The Morgan fingerprint density at radius 3 is 2.59 bits per heavy atom. The smallest absolute Gasteiger partial charge is 0.224 e. The second-order valence-corrected chi connectivity index (χ2v) is 8.32. The molecule has 1 heterocycles. The van der Waals surface area contributed by atoms with Gasteiger partial charge in [-0.15, -0.1) is 6.58 Å². The highest BCUT2D eigenvalue weighted by Crippen LogP contribution is 2.20. The molecule has 5 heteroatoms. The standard InChI is InChI=1S/C29H31N3O2/c1-3-10-23-12-6-9-16-27(23)34-20-19-32-26-15-8-7-14-25(26)31-28(32)17-18-30-29(33)21-24-13-5-4-11-22(24)2/h3-9,11-16H,1,10,17-21H2,2H3,(H,30,33). The average molecular weight is 454 g/mol. The summed E-state index contributed by atoms with van der Waals surface area (Å²) in [5.74, 6) is 1.86. The molecule has 0 aliphatic heterocycles. The minimum absolute atomic E-state index is 0.0270. The van der Waals surface area contributed by atoms with Gasteiger partial charge in [0.25, 0.3) is 0 Å². The number of rotatable bonds is 11. The second-order valence-electron chi connectivity index (χ2n) is 8.32. The van der Waals surface area contributed by atoms with Gasteiger partial charge in [0.2, 0.25) is 5.91 Å². The Balaban J connectivity index is 1.39. The van der Waals surface area contributed by atoms with E-state index in [-0.39, 0.29) is 5.91 Å². The molecule has 0 aliphatic rings. The number of hydrogen-bond donors (Lipinski definition) is 1. The van der Waals surface area contributed by atoms with Crippen molar-refractivity contribution in [2.24, 2.45) is 0 Å². The van der Waals surface area contributed by atoms with Gasteiger partial charge in [-0.2, -0.15) is 0 Å². The Bertz CT molecular complexity index is 1280. The van der Waals surface area contributed by atoms with Gasteiger partial charge >= 0.3 is 0 Å². The Morgan fingerprint density at radius 1 is 1.03 bits per heavy atom. The molecule has 0 aliphatic carbocycles. The highest BCUT2D eigenvalue weighted by Gasteiger charge is 2.12. The molecule has 174 valence electrons. The fourth-order valence-corrected chi connectivity index (χ4v) is 4.14. The van der Waals surface area contributed by atoms with Crippen molar-refractivity contribution in [3.8, 4) is 5.75 Å². The number of carbonyl (C=O) groups excluding carboxylic acids is 1. The molecular formula is C29H31N3O2. The summed E-state index contributed by atoms with van der Waals surface area (Å²) in [7, 11) is 0. The van der Waals surface area contributed by atoms with Crippen LogP contribution in [0.4, 0.5) is 0 Å². The molecule has 1 amide bonds.